The van der Waals surface area contributed by atoms with Gasteiger partial charge in [-0.05, 0) is 31.4 Å². The fraction of sp³-hybridized carbons (Fsp3) is 0.500. The van der Waals surface area contributed by atoms with E-state index in [1.807, 2.05) is 4.90 Å². The van der Waals surface area contributed by atoms with Gasteiger partial charge in [-0.25, -0.2) is 4.79 Å². The Kier molecular flexibility index (Phi) is 4.17. The summed E-state index contributed by atoms with van der Waals surface area (Å²) >= 11 is 0. The van der Waals surface area contributed by atoms with Crippen LogP contribution >= 0.6 is 0 Å². The summed E-state index contributed by atoms with van der Waals surface area (Å²) in [7, 11) is 0. The molecule has 1 amide bonds. The van der Waals surface area contributed by atoms with E-state index < -0.39 is 0 Å². The van der Waals surface area contributed by atoms with Crippen LogP contribution in [0.15, 0.2) is 33.9 Å². The third-order valence-electron chi connectivity index (χ3n) is 5.26. The summed E-state index contributed by atoms with van der Waals surface area (Å²) in [4.78, 5) is 42.2. The van der Waals surface area contributed by atoms with E-state index in [-0.39, 0.29) is 29.1 Å². The normalized spacial score (nSPS) is 21.8. The minimum atomic E-state index is -0.377. The molecule has 2 saturated heterocycles. The molecule has 0 unspecified atom stereocenters. The maximum atomic E-state index is 12.7. The maximum absolute atomic E-state index is 12.7. The first-order valence-electron chi connectivity index (χ1n) is 8.75. The molecule has 4 rings (SSSR count). The lowest BCUT2D eigenvalue weighted by molar-refractivity contribution is -0.136. The molecule has 1 N–H and O–H groups in total. The molecule has 1 aromatic heterocycles. The molecule has 2 fully saturated rings. The lowest BCUT2D eigenvalue weighted by Gasteiger charge is -2.33. The van der Waals surface area contributed by atoms with Crippen molar-refractivity contribution in [3.8, 4) is 0 Å². The molecule has 0 radical (unpaired) electrons. The zero-order valence-electron chi connectivity index (χ0n) is 13.9. The number of H-pyrrole nitrogens is 1. The molecule has 1 aromatic carbocycles. The fourth-order valence-corrected chi connectivity index (χ4v) is 3.84. The van der Waals surface area contributed by atoms with Crippen LogP contribution in [0.4, 0.5) is 0 Å². The van der Waals surface area contributed by atoms with E-state index in [0.717, 1.165) is 6.42 Å². The number of nitrogens with zero attached hydrogens (tertiary/aromatic N) is 2. The summed E-state index contributed by atoms with van der Waals surface area (Å²) < 4.78 is 6.62. The Bertz CT molecular complexity index is 902. The largest absolute Gasteiger partial charge is 0.381 e. The predicted octanol–water partition coefficient (Wildman–Crippen LogP) is 0.890. The SMILES string of the molecule is O=C([C@H]1CCOC1)N1CCC(n2c(=O)[nH]c3ccccc3c2=O)CC1. The Balaban J connectivity index is 1.55. The Labute approximate surface area is 144 Å². The molecule has 25 heavy (non-hydrogen) atoms. The number of hydrogen-bond acceptors (Lipinski definition) is 4. The van der Waals surface area contributed by atoms with Gasteiger partial charge in [-0.3, -0.25) is 14.2 Å². The van der Waals surface area contributed by atoms with Gasteiger partial charge in [-0.2, -0.15) is 0 Å². The van der Waals surface area contributed by atoms with Gasteiger partial charge in [0.2, 0.25) is 5.91 Å². The number of carbonyl (C=O) groups is 1. The molecule has 3 heterocycles. The van der Waals surface area contributed by atoms with E-state index in [4.69, 9.17) is 4.74 Å². The second kappa shape index (κ2) is 6.48. The van der Waals surface area contributed by atoms with Crippen molar-refractivity contribution >= 4 is 16.8 Å². The van der Waals surface area contributed by atoms with Gasteiger partial charge in [0.15, 0.2) is 0 Å². The number of fused-ring (bicyclic) bond motifs is 1. The zero-order valence-corrected chi connectivity index (χ0v) is 13.9. The smallest absolute Gasteiger partial charge is 0.329 e. The number of para-hydroxylation sites is 1. The van der Waals surface area contributed by atoms with Gasteiger partial charge >= 0.3 is 5.69 Å². The third-order valence-corrected chi connectivity index (χ3v) is 5.26. The highest BCUT2D eigenvalue weighted by Crippen LogP contribution is 2.23. The number of amides is 1. The summed E-state index contributed by atoms with van der Waals surface area (Å²) in [6.45, 7) is 2.29. The lowest BCUT2D eigenvalue weighted by atomic mass is 10.0. The third kappa shape index (κ3) is 2.89. The summed E-state index contributed by atoms with van der Waals surface area (Å²) in [6, 6.07) is 6.86. The van der Waals surface area contributed by atoms with Gasteiger partial charge in [0.25, 0.3) is 5.56 Å². The average Bonchev–Trinajstić information content (AvgIpc) is 3.16. The molecular formula is C18H21N3O4. The van der Waals surface area contributed by atoms with Crippen LogP contribution in [0.2, 0.25) is 0 Å². The first-order valence-corrected chi connectivity index (χ1v) is 8.75. The summed E-state index contributed by atoms with van der Waals surface area (Å²) in [5.41, 5.74) is -0.0754. The summed E-state index contributed by atoms with van der Waals surface area (Å²) in [6.07, 6.45) is 2.00. The first-order chi connectivity index (χ1) is 12.1. The average molecular weight is 343 g/mol. The number of likely N-dealkylation sites (tertiary alicyclic amines) is 1. The Hall–Kier alpha value is -2.41. The van der Waals surface area contributed by atoms with Crippen LogP contribution in [-0.4, -0.2) is 46.7 Å². The highest BCUT2D eigenvalue weighted by molar-refractivity contribution is 5.79. The van der Waals surface area contributed by atoms with E-state index in [0.29, 0.717) is 50.0 Å². The standard InChI is InChI=1S/C18H21N3O4/c22-16(12-7-10-25-11-12)20-8-5-13(6-9-20)21-17(23)14-3-1-2-4-15(14)19-18(21)24/h1-4,12-13H,5-11H2,(H,19,24)/t12-/m0/s1. The lowest BCUT2D eigenvalue weighted by Crippen LogP contribution is -2.46. The molecule has 0 bridgehead atoms. The molecule has 0 aliphatic carbocycles. The molecule has 7 heteroatoms. The second-order valence-electron chi connectivity index (χ2n) is 6.77. The minimum absolute atomic E-state index is 0.0386. The zero-order chi connectivity index (χ0) is 17.4. The van der Waals surface area contributed by atoms with Crippen molar-refractivity contribution in [1.29, 1.82) is 0 Å². The molecule has 2 aliphatic heterocycles. The number of hydrogen-bond donors (Lipinski definition) is 1. The summed E-state index contributed by atoms with van der Waals surface area (Å²) in [5, 5.41) is 0.517. The number of aromatic nitrogens is 2. The molecule has 0 saturated carbocycles. The second-order valence-corrected chi connectivity index (χ2v) is 6.77. The van der Waals surface area contributed by atoms with Crippen molar-refractivity contribution in [3.05, 3.63) is 45.1 Å². The van der Waals surface area contributed by atoms with Crippen LogP contribution in [-0.2, 0) is 9.53 Å². The van der Waals surface area contributed by atoms with Gasteiger partial charge in [0, 0.05) is 25.7 Å². The highest BCUT2D eigenvalue weighted by atomic mass is 16.5. The fourth-order valence-electron chi connectivity index (χ4n) is 3.84. The van der Waals surface area contributed by atoms with Gasteiger partial charge < -0.3 is 14.6 Å². The number of aromatic amines is 1. The number of nitrogens with one attached hydrogen (secondary N) is 1. The predicted molar refractivity (Wildman–Crippen MR) is 92.6 cm³/mol. The molecule has 7 nitrogen and oxygen atoms in total. The van der Waals surface area contributed by atoms with Gasteiger partial charge in [-0.15, -0.1) is 0 Å². The monoisotopic (exact) mass is 343 g/mol. The van der Waals surface area contributed by atoms with Crippen LogP contribution < -0.4 is 11.2 Å². The van der Waals surface area contributed by atoms with Crippen LogP contribution in [0.25, 0.3) is 10.9 Å². The Morgan fingerprint density at radius 3 is 2.60 bits per heavy atom. The van der Waals surface area contributed by atoms with Crippen molar-refractivity contribution < 1.29 is 9.53 Å². The molecule has 1 atom stereocenters. The van der Waals surface area contributed by atoms with Crippen molar-refractivity contribution in [3.63, 3.8) is 0 Å². The number of piperidine rings is 1. The molecular weight excluding hydrogens is 322 g/mol. The van der Waals surface area contributed by atoms with E-state index in [1.54, 1.807) is 24.3 Å². The van der Waals surface area contributed by atoms with Crippen LogP contribution in [0.5, 0.6) is 0 Å². The first kappa shape index (κ1) is 16.1. The van der Waals surface area contributed by atoms with E-state index >= 15 is 0 Å². The minimum Gasteiger partial charge on any atom is -0.381 e. The van der Waals surface area contributed by atoms with Crippen molar-refractivity contribution in [2.75, 3.05) is 26.3 Å². The Morgan fingerprint density at radius 1 is 1.12 bits per heavy atom. The molecule has 2 aromatic rings. The number of rotatable bonds is 2. The number of carbonyl (C=O) groups excluding carboxylic acids is 1. The van der Waals surface area contributed by atoms with Crippen LogP contribution in [0, 0.1) is 5.92 Å². The topological polar surface area (TPSA) is 84.4 Å². The van der Waals surface area contributed by atoms with Crippen LogP contribution in [0.3, 0.4) is 0 Å². The van der Waals surface area contributed by atoms with Crippen molar-refractivity contribution in [2.24, 2.45) is 5.92 Å². The molecule has 2 aliphatic rings. The van der Waals surface area contributed by atoms with Gasteiger partial charge in [0.1, 0.15) is 0 Å². The summed E-state index contributed by atoms with van der Waals surface area (Å²) in [5.74, 6) is 0.0964. The van der Waals surface area contributed by atoms with Gasteiger partial charge in [-0.1, -0.05) is 12.1 Å². The van der Waals surface area contributed by atoms with E-state index in [1.165, 1.54) is 4.57 Å². The number of ether oxygens (including phenoxy) is 1. The molecule has 0 spiro atoms. The Morgan fingerprint density at radius 2 is 1.88 bits per heavy atom. The van der Waals surface area contributed by atoms with E-state index in [9.17, 15) is 14.4 Å². The van der Waals surface area contributed by atoms with E-state index in [2.05, 4.69) is 4.98 Å². The maximum Gasteiger partial charge on any atom is 0.329 e. The van der Waals surface area contributed by atoms with Crippen LogP contribution in [0.1, 0.15) is 25.3 Å². The molecule has 132 valence electrons. The van der Waals surface area contributed by atoms with Gasteiger partial charge in [0.05, 0.1) is 23.4 Å². The quantitative estimate of drug-likeness (QED) is 0.878. The van der Waals surface area contributed by atoms with Crippen molar-refractivity contribution in [2.45, 2.75) is 25.3 Å². The van der Waals surface area contributed by atoms with Crippen molar-refractivity contribution in [1.82, 2.24) is 14.5 Å². The number of benzene rings is 1. The highest BCUT2D eigenvalue weighted by Gasteiger charge is 2.31.